The van der Waals surface area contributed by atoms with E-state index < -0.39 is 12.1 Å². The second-order valence-corrected chi connectivity index (χ2v) is 10.5. The van der Waals surface area contributed by atoms with Gasteiger partial charge in [0.05, 0.1) is 31.7 Å². The summed E-state index contributed by atoms with van der Waals surface area (Å²) in [6.07, 6.45) is 3.51. The number of likely N-dealkylation sites (tertiary alicyclic amines) is 1. The molecule has 8 nitrogen and oxygen atoms in total. The van der Waals surface area contributed by atoms with Gasteiger partial charge in [0.2, 0.25) is 5.91 Å². The van der Waals surface area contributed by atoms with Gasteiger partial charge in [-0.2, -0.15) is 0 Å². The van der Waals surface area contributed by atoms with Gasteiger partial charge < -0.3 is 28.8 Å². The van der Waals surface area contributed by atoms with Crippen LogP contribution in [0.2, 0.25) is 5.02 Å². The Morgan fingerprint density at radius 1 is 1.05 bits per heavy atom. The van der Waals surface area contributed by atoms with Crippen molar-refractivity contribution in [2.75, 3.05) is 27.3 Å². The highest BCUT2D eigenvalue weighted by Crippen LogP contribution is 2.46. The molecule has 0 radical (unpaired) electrons. The Kier molecular flexibility index (Phi) is 8.14. The van der Waals surface area contributed by atoms with Crippen LogP contribution in [-0.2, 0) is 14.3 Å². The topological polar surface area (TPSA) is 90.2 Å². The monoisotopic (exact) mass is 552 g/mol. The van der Waals surface area contributed by atoms with Crippen molar-refractivity contribution in [3.63, 3.8) is 0 Å². The summed E-state index contributed by atoms with van der Waals surface area (Å²) in [5, 5.41) is 9.68. The molecule has 2 atom stereocenters. The zero-order valence-corrected chi connectivity index (χ0v) is 22.9. The number of para-hydroxylation sites is 1. The Bertz CT molecular complexity index is 1350. The number of rotatable bonds is 8. The molecule has 3 aromatic rings. The lowest BCUT2D eigenvalue weighted by Crippen LogP contribution is -2.39. The first-order chi connectivity index (χ1) is 18.9. The first-order valence-corrected chi connectivity index (χ1v) is 13.6. The number of aliphatic carboxylic acids is 1. The van der Waals surface area contributed by atoms with Gasteiger partial charge in [0.15, 0.2) is 11.5 Å². The summed E-state index contributed by atoms with van der Waals surface area (Å²) >= 11 is 6.48. The lowest BCUT2D eigenvalue weighted by atomic mass is 9.93. The van der Waals surface area contributed by atoms with Crippen molar-refractivity contribution in [3.8, 4) is 17.2 Å². The fourth-order valence-electron chi connectivity index (χ4n) is 5.76. The van der Waals surface area contributed by atoms with Crippen molar-refractivity contribution in [1.29, 1.82) is 0 Å². The number of ether oxygens (including phenoxy) is 3. The summed E-state index contributed by atoms with van der Waals surface area (Å²) in [5.74, 6) is 0.596. The van der Waals surface area contributed by atoms with E-state index in [2.05, 4.69) is 4.57 Å². The highest BCUT2D eigenvalue weighted by Gasteiger charge is 2.34. The average molecular weight is 553 g/mol. The van der Waals surface area contributed by atoms with Gasteiger partial charge in [0.25, 0.3) is 0 Å². The Morgan fingerprint density at radius 3 is 2.56 bits per heavy atom. The lowest BCUT2D eigenvalue weighted by molar-refractivity contribution is -0.138. The van der Waals surface area contributed by atoms with Crippen LogP contribution in [0.3, 0.4) is 0 Å². The number of hydrogen-bond donors (Lipinski definition) is 1. The van der Waals surface area contributed by atoms with E-state index in [0.717, 1.165) is 22.5 Å². The van der Waals surface area contributed by atoms with Gasteiger partial charge in [-0.1, -0.05) is 23.7 Å². The third kappa shape index (κ3) is 5.63. The quantitative estimate of drug-likeness (QED) is 0.380. The maximum Gasteiger partial charge on any atom is 0.303 e. The van der Waals surface area contributed by atoms with Gasteiger partial charge in [-0.15, -0.1) is 0 Å². The minimum absolute atomic E-state index is 0.0609. The third-order valence-electron chi connectivity index (χ3n) is 7.71. The van der Waals surface area contributed by atoms with Gasteiger partial charge in [-0.3, -0.25) is 9.59 Å². The SMILES string of the molecule is COc1cccc(C2OC(CCC(=O)N3CCC(CC(=O)O)CC3)c3cccn3-c3ccc(Cl)cc32)c1OC. The Hall–Kier alpha value is -3.49. The van der Waals surface area contributed by atoms with Crippen LogP contribution in [0, 0.1) is 5.92 Å². The molecule has 2 aliphatic rings. The smallest absolute Gasteiger partial charge is 0.303 e. The molecule has 0 aliphatic carbocycles. The molecule has 0 saturated carbocycles. The largest absolute Gasteiger partial charge is 0.493 e. The fraction of sp³-hybridized carbons (Fsp3) is 0.400. The van der Waals surface area contributed by atoms with Gasteiger partial charge in [-0.25, -0.2) is 0 Å². The van der Waals surface area contributed by atoms with E-state index >= 15 is 0 Å². The molecule has 1 aromatic heterocycles. The molecular formula is C30H33ClN2O6. The Balaban J connectivity index is 1.42. The van der Waals surface area contributed by atoms with E-state index in [1.807, 2.05) is 59.6 Å². The first kappa shape index (κ1) is 27.1. The normalized spacial score (nSPS) is 19.1. The molecule has 9 heteroatoms. The zero-order valence-electron chi connectivity index (χ0n) is 22.1. The number of carbonyl (C=O) groups is 2. The average Bonchev–Trinajstić information content (AvgIpc) is 3.38. The Morgan fingerprint density at radius 2 is 1.85 bits per heavy atom. The van der Waals surface area contributed by atoms with Crippen molar-refractivity contribution in [1.82, 2.24) is 9.47 Å². The van der Waals surface area contributed by atoms with E-state index in [1.54, 1.807) is 14.2 Å². The molecule has 0 spiro atoms. The van der Waals surface area contributed by atoms with Crippen LogP contribution in [0.15, 0.2) is 54.7 Å². The number of halogens is 1. The van der Waals surface area contributed by atoms with E-state index in [1.165, 1.54) is 0 Å². The van der Waals surface area contributed by atoms with Crippen LogP contribution in [0.4, 0.5) is 0 Å². The first-order valence-electron chi connectivity index (χ1n) is 13.2. The molecule has 1 amide bonds. The summed E-state index contributed by atoms with van der Waals surface area (Å²) < 4.78 is 20.3. The number of carboxylic acid groups (broad SMARTS) is 1. The van der Waals surface area contributed by atoms with Crippen LogP contribution in [-0.4, -0.2) is 53.8 Å². The molecule has 2 unspecified atom stereocenters. The van der Waals surface area contributed by atoms with Gasteiger partial charge in [0.1, 0.15) is 6.10 Å². The molecule has 1 fully saturated rings. The van der Waals surface area contributed by atoms with E-state index in [-0.39, 0.29) is 24.3 Å². The molecule has 0 bridgehead atoms. The molecule has 206 valence electrons. The van der Waals surface area contributed by atoms with Crippen LogP contribution >= 0.6 is 11.6 Å². The van der Waals surface area contributed by atoms with E-state index in [9.17, 15) is 9.59 Å². The number of benzene rings is 2. The number of fused-ring (bicyclic) bond motifs is 3. The van der Waals surface area contributed by atoms with Gasteiger partial charge in [-0.05, 0) is 61.6 Å². The van der Waals surface area contributed by atoms with Gasteiger partial charge in [0, 0.05) is 48.3 Å². The van der Waals surface area contributed by atoms with Crippen molar-refractivity contribution >= 4 is 23.5 Å². The standard InChI is InChI=1S/C30H33ClN2O6/c1-37-26-7-3-5-21(30(26)38-2)29-22-18-20(31)8-9-23(22)33-14-4-6-24(33)25(39-29)10-11-27(34)32-15-12-19(13-16-32)17-28(35)36/h3-9,14,18-19,25,29H,10-13,15-17H2,1-2H3,(H,35,36). The number of carboxylic acids is 1. The molecule has 39 heavy (non-hydrogen) atoms. The van der Waals surface area contributed by atoms with Crippen LogP contribution in [0.1, 0.15) is 61.1 Å². The lowest BCUT2D eigenvalue weighted by Gasteiger charge is -2.32. The second kappa shape index (κ2) is 11.7. The summed E-state index contributed by atoms with van der Waals surface area (Å²) in [4.78, 5) is 26.1. The summed E-state index contributed by atoms with van der Waals surface area (Å²) in [6.45, 7) is 1.18. The predicted octanol–water partition coefficient (Wildman–Crippen LogP) is 5.80. The van der Waals surface area contributed by atoms with E-state index in [0.29, 0.717) is 55.3 Å². The number of aromatic nitrogens is 1. The number of hydrogen-bond acceptors (Lipinski definition) is 5. The summed E-state index contributed by atoms with van der Waals surface area (Å²) in [5.41, 5.74) is 3.60. The zero-order chi connectivity index (χ0) is 27.5. The number of piperidine rings is 1. The third-order valence-corrected chi connectivity index (χ3v) is 7.94. The molecular weight excluding hydrogens is 520 g/mol. The number of methoxy groups -OCH3 is 2. The van der Waals surface area contributed by atoms with Crippen molar-refractivity contribution in [2.24, 2.45) is 5.92 Å². The summed E-state index contributed by atoms with van der Waals surface area (Å²) in [6, 6.07) is 15.5. The Labute approximate surface area is 233 Å². The maximum absolute atomic E-state index is 13.2. The molecule has 1 saturated heterocycles. The number of nitrogens with zero attached hydrogens (tertiary/aromatic N) is 2. The van der Waals surface area contributed by atoms with Crippen LogP contribution in [0.5, 0.6) is 11.5 Å². The summed E-state index contributed by atoms with van der Waals surface area (Å²) in [7, 11) is 3.21. The number of amides is 1. The molecule has 1 N–H and O–H groups in total. The second-order valence-electron chi connectivity index (χ2n) is 10.1. The van der Waals surface area contributed by atoms with Crippen molar-refractivity contribution in [2.45, 2.75) is 44.3 Å². The maximum atomic E-state index is 13.2. The van der Waals surface area contributed by atoms with Gasteiger partial charge >= 0.3 is 5.97 Å². The van der Waals surface area contributed by atoms with Crippen LogP contribution in [0.25, 0.3) is 5.69 Å². The molecule has 2 aliphatic heterocycles. The molecule has 5 rings (SSSR count). The minimum Gasteiger partial charge on any atom is -0.493 e. The molecule has 3 heterocycles. The number of carbonyl (C=O) groups excluding carboxylic acids is 1. The van der Waals surface area contributed by atoms with Crippen molar-refractivity contribution < 1.29 is 28.9 Å². The minimum atomic E-state index is -0.780. The fourth-order valence-corrected chi connectivity index (χ4v) is 5.94. The molecule has 2 aromatic carbocycles. The van der Waals surface area contributed by atoms with Crippen molar-refractivity contribution in [3.05, 3.63) is 76.6 Å². The highest BCUT2D eigenvalue weighted by atomic mass is 35.5. The van der Waals surface area contributed by atoms with E-state index in [4.69, 9.17) is 30.9 Å². The highest BCUT2D eigenvalue weighted by molar-refractivity contribution is 6.30. The van der Waals surface area contributed by atoms with Crippen LogP contribution < -0.4 is 9.47 Å². The predicted molar refractivity (Wildman–Crippen MR) is 147 cm³/mol.